The SMILES string of the molecule is CNc1nc(NC(C)CN2CCOCC2)c(Cl)cc1Cl. The van der Waals surface area contributed by atoms with Crippen LogP contribution < -0.4 is 10.6 Å². The van der Waals surface area contributed by atoms with E-state index in [-0.39, 0.29) is 6.04 Å². The Morgan fingerprint density at radius 2 is 1.95 bits per heavy atom. The molecule has 0 bridgehead atoms. The van der Waals surface area contributed by atoms with Gasteiger partial charge in [-0.1, -0.05) is 23.2 Å². The maximum atomic E-state index is 6.17. The standard InChI is InChI=1S/C13H20Cl2N4O/c1-9(8-19-3-5-20-6-4-19)17-13-11(15)7-10(14)12(16-2)18-13/h7,9H,3-6,8H2,1-2H3,(H2,16,17,18). The number of ether oxygens (including phenoxy) is 1. The summed E-state index contributed by atoms with van der Waals surface area (Å²) in [4.78, 5) is 6.76. The number of pyridine rings is 1. The average molecular weight is 319 g/mol. The summed E-state index contributed by atoms with van der Waals surface area (Å²) in [5, 5.41) is 7.33. The molecule has 5 nitrogen and oxygen atoms in total. The molecule has 1 atom stereocenters. The summed E-state index contributed by atoms with van der Waals surface area (Å²) in [7, 11) is 1.78. The molecule has 1 aromatic rings. The van der Waals surface area contributed by atoms with Crippen LogP contribution in [0.3, 0.4) is 0 Å². The number of morpholine rings is 1. The van der Waals surface area contributed by atoms with Crippen molar-refractivity contribution in [3.63, 3.8) is 0 Å². The van der Waals surface area contributed by atoms with Gasteiger partial charge in [-0.05, 0) is 13.0 Å². The lowest BCUT2D eigenvalue weighted by atomic mass is 10.3. The number of hydrogen-bond acceptors (Lipinski definition) is 5. The Morgan fingerprint density at radius 1 is 1.30 bits per heavy atom. The van der Waals surface area contributed by atoms with Gasteiger partial charge in [0.1, 0.15) is 11.6 Å². The molecule has 2 N–H and O–H groups in total. The second-order valence-corrected chi connectivity index (χ2v) is 5.67. The van der Waals surface area contributed by atoms with Gasteiger partial charge in [-0.25, -0.2) is 4.98 Å². The zero-order valence-corrected chi connectivity index (χ0v) is 13.3. The van der Waals surface area contributed by atoms with Gasteiger partial charge in [0.05, 0.1) is 23.3 Å². The third-order valence-corrected chi connectivity index (χ3v) is 3.76. The van der Waals surface area contributed by atoms with E-state index < -0.39 is 0 Å². The van der Waals surface area contributed by atoms with Crippen molar-refractivity contribution in [1.29, 1.82) is 0 Å². The highest BCUT2D eigenvalue weighted by Gasteiger charge is 2.15. The first kappa shape index (κ1) is 15.6. The highest BCUT2D eigenvalue weighted by atomic mass is 35.5. The van der Waals surface area contributed by atoms with Gasteiger partial charge in [-0.3, -0.25) is 4.90 Å². The molecule has 1 aliphatic rings. The van der Waals surface area contributed by atoms with E-state index in [1.54, 1.807) is 13.1 Å². The number of anilines is 2. The van der Waals surface area contributed by atoms with E-state index in [2.05, 4.69) is 27.4 Å². The third-order valence-electron chi connectivity index (χ3n) is 3.19. The summed E-state index contributed by atoms with van der Waals surface area (Å²) in [6.45, 7) is 6.58. The van der Waals surface area contributed by atoms with Crippen molar-refractivity contribution in [2.75, 3.05) is 50.5 Å². The molecule has 1 fully saturated rings. The molecule has 20 heavy (non-hydrogen) atoms. The first-order valence-electron chi connectivity index (χ1n) is 6.70. The summed E-state index contributed by atoms with van der Waals surface area (Å²) >= 11 is 12.2. The van der Waals surface area contributed by atoms with Crippen LogP contribution in [0.1, 0.15) is 6.92 Å². The monoisotopic (exact) mass is 318 g/mol. The quantitative estimate of drug-likeness (QED) is 0.873. The molecule has 112 valence electrons. The largest absolute Gasteiger partial charge is 0.379 e. The molecule has 1 saturated heterocycles. The molecule has 0 radical (unpaired) electrons. The predicted octanol–water partition coefficient (Wildman–Crippen LogP) is 2.56. The minimum absolute atomic E-state index is 0.240. The first-order chi connectivity index (χ1) is 9.60. The molecule has 1 unspecified atom stereocenters. The first-order valence-corrected chi connectivity index (χ1v) is 7.46. The number of rotatable bonds is 5. The van der Waals surface area contributed by atoms with Gasteiger partial charge in [-0.2, -0.15) is 0 Å². The molecule has 2 heterocycles. The molecule has 1 aromatic heterocycles. The number of hydrogen-bond donors (Lipinski definition) is 2. The van der Waals surface area contributed by atoms with Crippen molar-refractivity contribution in [2.24, 2.45) is 0 Å². The van der Waals surface area contributed by atoms with Crippen LogP contribution in [0.5, 0.6) is 0 Å². The van der Waals surface area contributed by atoms with Gasteiger partial charge in [0.2, 0.25) is 0 Å². The number of halogens is 2. The van der Waals surface area contributed by atoms with Gasteiger partial charge < -0.3 is 15.4 Å². The summed E-state index contributed by atoms with van der Waals surface area (Å²) in [5.41, 5.74) is 0. The van der Waals surface area contributed by atoms with Gasteiger partial charge in [0, 0.05) is 32.7 Å². The van der Waals surface area contributed by atoms with E-state index in [1.807, 2.05) is 0 Å². The molecule has 7 heteroatoms. The Hall–Kier alpha value is -0.750. The summed E-state index contributed by atoms with van der Waals surface area (Å²) in [6, 6.07) is 1.94. The van der Waals surface area contributed by atoms with Crippen LogP contribution in [0.25, 0.3) is 0 Å². The lowest BCUT2D eigenvalue weighted by Gasteiger charge is -2.29. The van der Waals surface area contributed by atoms with E-state index >= 15 is 0 Å². The maximum Gasteiger partial charge on any atom is 0.147 e. The molecular weight excluding hydrogens is 299 g/mol. The third kappa shape index (κ3) is 4.12. The molecule has 0 amide bonds. The smallest absolute Gasteiger partial charge is 0.147 e. The van der Waals surface area contributed by atoms with Crippen LogP contribution in [0.15, 0.2) is 6.07 Å². The van der Waals surface area contributed by atoms with Gasteiger partial charge in [0.25, 0.3) is 0 Å². The van der Waals surface area contributed by atoms with Crippen LogP contribution in [0, 0.1) is 0 Å². The number of nitrogens with one attached hydrogen (secondary N) is 2. The topological polar surface area (TPSA) is 49.4 Å². The van der Waals surface area contributed by atoms with Crippen LogP contribution in [-0.4, -0.2) is 55.8 Å². The van der Waals surface area contributed by atoms with Crippen molar-refractivity contribution >= 4 is 34.8 Å². The molecular formula is C13H20Cl2N4O. The fraction of sp³-hybridized carbons (Fsp3) is 0.615. The van der Waals surface area contributed by atoms with Crippen LogP contribution in [0.4, 0.5) is 11.6 Å². The Labute approximate surface area is 129 Å². The van der Waals surface area contributed by atoms with Crippen molar-refractivity contribution in [1.82, 2.24) is 9.88 Å². The fourth-order valence-electron chi connectivity index (χ4n) is 2.19. The summed E-state index contributed by atoms with van der Waals surface area (Å²) in [6.07, 6.45) is 0. The second kappa shape index (κ2) is 7.31. The lowest BCUT2D eigenvalue weighted by Crippen LogP contribution is -2.42. The zero-order valence-electron chi connectivity index (χ0n) is 11.7. The zero-order chi connectivity index (χ0) is 14.5. The highest BCUT2D eigenvalue weighted by molar-refractivity contribution is 6.37. The van der Waals surface area contributed by atoms with Crippen LogP contribution in [-0.2, 0) is 4.74 Å². The van der Waals surface area contributed by atoms with Gasteiger partial charge in [0.15, 0.2) is 0 Å². The molecule has 0 saturated carbocycles. The average Bonchev–Trinajstić information content (AvgIpc) is 2.43. The highest BCUT2D eigenvalue weighted by Crippen LogP contribution is 2.29. The van der Waals surface area contributed by atoms with Crippen molar-refractivity contribution in [2.45, 2.75) is 13.0 Å². The van der Waals surface area contributed by atoms with Gasteiger partial charge >= 0.3 is 0 Å². The normalized spacial score (nSPS) is 17.8. The Bertz CT molecular complexity index is 452. The Balaban J connectivity index is 1.97. The van der Waals surface area contributed by atoms with Crippen molar-refractivity contribution in [3.8, 4) is 0 Å². The van der Waals surface area contributed by atoms with E-state index in [9.17, 15) is 0 Å². The summed E-state index contributed by atoms with van der Waals surface area (Å²) in [5.74, 6) is 1.28. The molecule has 2 rings (SSSR count). The molecule has 0 spiro atoms. The summed E-state index contributed by atoms with van der Waals surface area (Å²) < 4.78 is 5.34. The number of nitrogens with zero attached hydrogens (tertiary/aromatic N) is 2. The minimum atomic E-state index is 0.240. The molecule has 0 aromatic carbocycles. The van der Waals surface area contributed by atoms with E-state index in [0.29, 0.717) is 21.7 Å². The van der Waals surface area contributed by atoms with Crippen LogP contribution >= 0.6 is 23.2 Å². The fourth-order valence-corrected chi connectivity index (χ4v) is 2.70. The van der Waals surface area contributed by atoms with Crippen LogP contribution in [0.2, 0.25) is 10.0 Å². The maximum absolute atomic E-state index is 6.17. The molecule has 1 aliphatic heterocycles. The van der Waals surface area contributed by atoms with E-state index in [1.165, 1.54) is 0 Å². The van der Waals surface area contributed by atoms with E-state index in [0.717, 1.165) is 32.8 Å². The predicted molar refractivity (Wildman–Crippen MR) is 84.1 cm³/mol. The number of aromatic nitrogens is 1. The lowest BCUT2D eigenvalue weighted by molar-refractivity contribution is 0.0368. The van der Waals surface area contributed by atoms with Gasteiger partial charge in [-0.15, -0.1) is 0 Å². The van der Waals surface area contributed by atoms with Crippen molar-refractivity contribution < 1.29 is 4.74 Å². The Morgan fingerprint density at radius 3 is 2.60 bits per heavy atom. The van der Waals surface area contributed by atoms with E-state index in [4.69, 9.17) is 27.9 Å². The van der Waals surface area contributed by atoms with Crippen molar-refractivity contribution in [3.05, 3.63) is 16.1 Å². The molecule has 0 aliphatic carbocycles. The minimum Gasteiger partial charge on any atom is -0.379 e. The Kier molecular flexibility index (Phi) is 5.72. The second-order valence-electron chi connectivity index (χ2n) is 4.86.